The molecule has 0 spiro atoms. The van der Waals surface area contributed by atoms with Crippen molar-refractivity contribution < 1.29 is 9.53 Å². The highest BCUT2D eigenvalue weighted by molar-refractivity contribution is 9.10. The summed E-state index contributed by atoms with van der Waals surface area (Å²) in [4.78, 5) is 43.0. The van der Waals surface area contributed by atoms with Crippen molar-refractivity contribution in [3.8, 4) is 5.75 Å². The van der Waals surface area contributed by atoms with Gasteiger partial charge in [-0.25, -0.2) is 9.78 Å². The highest BCUT2D eigenvalue weighted by atomic mass is 79.9. The second kappa shape index (κ2) is 7.59. The second-order valence-corrected chi connectivity index (χ2v) is 7.33. The first-order valence-corrected chi connectivity index (χ1v) is 9.17. The number of carbonyl (C=O) groups excluding carboxylic acids is 1. The van der Waals surface area contributed by atoms with Gasteiger partial charge in [-0.2, -0.15) is 0 Å². The smallest absolute Gasteiger partial charge is 0.332 e. The maximum absolute atomic E-state index is 12.9. The number of halogens is 1. The molecule has 0 unspecified atom stereocenters. The third-order valence-electron chi connectivity index (χ3n) is 4.54. The molecule has 2 heterocycles. The van der Waals surface area contributed by atoms with E-state index in [2.05, 4.69) is 20.9 Å². The Morgan fingerprint density at radius 3 is 2.61 bits per heavy atom. The standard InChI is InChI=1S/C19H19BrN4O4/c1-22(10-12-7-13(20)5-6-15(12)28-4)17(25)11-8-14-16(21-9-11)23(2)19(27)24(3)18(14)26/h5-9H,10H2,1-4H3. The van der Waals surface area contributed by atoms with Crippen molar-refractivity contribution in [2.45, 2.75) is 6.54 Å². The molecule has 3 rings (SSSR count). The SMILES string of the molecule is COc1ccc(Br)cc1CN(C)C(=O)c1cnc2c(c1)c(=O)n(C)c(=O)n2C. The van der Waals surface area contributed by atoms with E-state index >= 15 is 0 Å². The van der Waals surface area contributed by atoms with E-state index in [-0.39, 0.29) is 22.5 Å². The van der Waals surface area contributed by atoms with E-state index in [1.54, 1.807) is 14.2 Å². The third-order valence-corrected chi connectivity index (χ3v) is 5.03. The molecular formula is C19H19BrN4O4. The molecule has 3 aromatic rings. The Balaban J connectivity index is 1.99. The van der Waals surface area contributed by atoms with Gasteiger partial charge in [0.1, 0.15) is 11.4 Å². The van der Waals surface area contributed by atoms with Gasteiger partial charge < -0.3 is 9.64 Å². The van der Waals surface area contributed by atoms with E-state index in [9.17, 15) is 14.4 Å². The average molecular weight is 447 g/mol. The Kier molecular flexibility index (Phi) is 5.37. The minimum Gasteiger partial charge on any atom is -0.496 e. The summed E-state index contributed by atoms with van der Waals surface area (Å²) in [6, 6.07) is 7.03. The molecule has 0 aliphatic rings. The second-order valence-electron chi connectivity index (χ2n) is 6.42. The largest absolute Gasteiger partial charge is 0.496 e. The van der Waals surface area contributed by atoms with Crippen molar-refractivity contribution in [2.24, 2.45) is 14.1 Å². The van der Waals surface area contributed by atoms with Crippen molar-refractivity contribution in [3.05, 3.63) is 66.9 Å². The number of benzene rings is 1. The number of ether oxygens (including phenoxy) is 1. The van der Waals surface area contributed by atoms with E-state index in [1.165, 1.54) is 35.8 Å². The summed E-state index contributed by atoms with van der Waals surface area (Å²) < 4.78 is 8.50. The van der Waals surface area contributed by atoms with Gasteiger partial charge in [0.05, 0.1) is 18.1 Å². The molecule has 0 saturated heterocycles. The molecule has 2 aromatic heterocycles. The van der Waals surface area contributed by atoms with Gasteiger partial charge in [-0.05, 0) is 24.3 Å². The summed E-state index contributed by atoms with van der Waals surface area (Å²) in [5, 5.41) is 0.212. The highest BCUT2D eigenvalue weighted by Gasteiger charge is 2.18. The predicted octanol–water partition coefficient (Wildman–Crippen LogP) is 1.68. The number of carbonyl (C=O) groups is 1. The lowest BCUT2D eigenvalue weighted by Crippen LogP contribution is -2.37. The number of aryl methyl sites for hydroxylation is 1. The van der Waals surface area contributed by atoms with Crippen LogP contribution in [0, 0.1) is 0 Å². The van der Waals surface area contributed by atoms with Crippen LogP contribution in [-0.2, 0) is 20.6 Å². The molecule has 0 N–H and O–H groups in total. The Morgan fingerprint density at radius 2 is 1.93 bits per heavy atom. The van der Waals surface area contributed by atoms with Crippen LogP contribution in [-0.4, -0.2) is 39.1 Å². The fourth-order valence-electron chi connectivity index (χ4n) is 3.00. The average Bonchev–Trinajstić information content (AvgIpc) is 2.69. The van der Waals surface area contributed by atoms with Crippen LogP contribution in [0.4, 0.5) is 0 Å². The van der Waals surface area contributed by atoms with Crippen molar-refractivity contribution in [2.75, 3.05) is 14.2 Å². The van der Waals surface area contributed by atoms with Crippen molar-refractivity contribution in [1.82, 2.24) is 19.0 Å². The van der Waals surface area contributed by atoms with Gasteiger partial charge in [0, 0.05) is 43.9 Å². The van der Waals surface area contributed by atoms with E-state index in [0.717, 1.165) is 14.6 Å². The predicted molar refractivity (Wildman–Crippen MR) is 109 cm³/mol. The summed E-state index contributed by atoms with van der Waals surface area (Å²) in [5.74, 6) is 0.371. The lowest BCUT2D eigenvalue weighted by molar-refractivity contribution is 0.0784. The van der Waals surface area contributed by atoms with Crippen LogP contribution in [0.2, 0.25) is 0 Å². The molecule has 1 amide bonds. The van der Waals surface area contributed by atoms with E-state index in [4.69, 9.17) is 4.74 Å². The molecule has 0 atom stereocenters. The number of amides is 1. The first-order valence-electron chi connectivity index (χ1n) is 8.38. The summed E-state index contributed by atoms with van der Waals surface area (Å²) >= 11 is 3.42. The Morgan fingerprint density at radius 1 is 1.21 bits per heavy atom. The number of hydrogen-bond acceptors (Lipinski definition) is 5. The van der Waals surface area contributed by atoms with Gasteiger partial charge in [-0.1, -0.05) is 15.9 Å². The lowest BCUT2D eigenvalue weighted by atomic mass is 10.1. The minimum absolute atomic E-state index is 0.212. The third kappa shape index (κ3) is 3.45. The van der Waals surface area contributed by atoms with Crippen LogP contribution in [0.5, 0.6) is 5.75 Å². The minimum atomic E-state index is -0.489. The van der Waals surface area contributed by atoms with Crippen LogP contribution in [0.3, 0.4) is 0 Å². The van der Waals surface area contributed by atoms with E-state index < -0.39 is 11.2 Å². The number of fused-ring (bicyclic) bond motifs is 1. The van der Waals surface area contributed by atoms with Gasteiger partial charge in [0.25, 0.3) is 11.5 Å². The monoisotopic (exact) mass is 446 g/mol. The first kappa shape index (κ1) is 19.8. The zero-order valence-corrected chi connectivity index (χ0v) is 17.5. The van der Waals surface area contributed by atoms with Gasteiger partial charge in [-0.15, -0.1) is 0 Å². The number of pyridine rings is 1. The van der Waals surface area contributed by atoms with Crippen molar-refractivity contribution >= 4 is 32.9 Å². The number of rotatable bonds is 4. The van der Waals surface area contributed by atoms with E-state index in [0.29, 0.717) is 12.3 Å². The van der Waals surface area contributed by atoms with Crippen LogP contribution in [0.1, 0.15) is 15.9 Å². The fourth-order valence-corrected chi connectivity index (χ4v) is 3.41. The quantitative estimate of drug-likeness (QED) is 0.608. The molecule has 9 heteroatoms. The normalized spacial score (nSPS) is 10.9. The Hall–Kier alpha value is -2.94. The van der Waals surface area contributed by atoms with Crippen LogP contribution < -0.4 is 16.0 Å². The molecule has 146 valence electrons. The highest BCUT2D eigenvalue weighted by Crippen LogP contribution is 2.24. The van der Waals surface area contributed by atoms with Gasteiger partial charge in [0.2, 0.25) is 0 Å². The number of methoxy groups -OCH3 is 1. The van der Waals surface area contributed by atoms with Crippen LogP contribution in [0.15, 0.2) is 44.5 Å². The van der Waals surface area contributed by atoms with Gasteiger partial charge >= 0.3 is 5.69 Å². The zero-order chi connectivity index (χ0) is 20.6. The zero-order valence-electron chi connectivity index (χ0n) is 15.9. The van der Waals surface area contributed by atoms with Gasteiger partial charge in [-0.3, -0.25) is 18.7 Å². The molecule has 0 aliphatic heterocycles. The summed E-state index contributed by atoms with van der Waals surface area (Å²) in [6.07, 6.45) is 1.37. The molecule has 1 aromatic carbocycles. The Labute approximate surface area is 169 Å². The van der Waals surface area contributed by atoms with Crippen molar-refractivity contribution in [1.29, 1.82) is 0 Å². The molecule has 0 aliphatic carbocycles. The topological polar surface area (TPSA) is 86.4 Å². The maximum Gasteiger partial charge on any atom is 0.332 e. The first-order chi connectivity index (χ1) is 13.2. The number of nitrogens with zero attached hydrogens (tertiary/aromatic N) is 4. The van der Waals surface area contributed by atoms with Crippen LogP contribution >= 0.6 is 15.9 Å². The number of aromatic nitrogens is 3. The van der Waals surface area contributed by atoms with Crippen molar-refractivity contribution in [3.63, 3.8) is 0 Å². The van der Waals surface area contributed by atoms with E-state index in [1.807, 2.05) is 18.2 Å². The molecule has 0 fully saturated rings. The molecule has 0 bridgehead atoms. The van der Waals surface area contributed by atoms with Gasteiger partial charge in [0.15, 0.2) is 0 Å². The van der Waals surface area contributed by atoms with Crippen LogP contribution in [0.25, 0.3) is 11.0 Å². The molecule has 8 nitrogen and oxygen atoms in total. The molecule has 0 radical (unpaired) electrons. The summed E-state index contributed by atoms with van der Waals surface area (Å²) in [5.41, 5.74) is 0.375. The summed E-state index contributed by atoms with van der Waals surface area (Å²) in [6.45, 7) is 0.310. The number of hydrogen-bond donors (Lipinski definition) is 0. The maximum atomic E-state index is 12.9. The molecular weight excluding hydrogens is 428 g/mol. The molecule has 28 heavy (non-hydrogen) atoms. The Bertz CT molecular complexity index is 1200. The fraction of sp³-hybridized carbons (Fsp3) is 0.263. The summed E-state index contributed by atoms with van der Waals surface area (Å²) in [7, 11) is 6.15. The lowest BCUT2D eigenvalue weighted by Gasteiger charge is -2.19. The molecule has 0 saturated carbocycles.